The number of sulfone groups is 1. The topological polar surface area (TPSA) is 74.7 Å². The summed E-state index contributed by atoms with van der Waals surface area (Å²) in [6.07, 6.45) is -0.0958. The largest absolute Gasteiger partial charge is 0.464 e. The number of rotatable bonds is 3. The quantitative estimate of drug-likeness (QED) is 0.943. The zero-order chi connectivity index (χ0) is 14.8. The number of carbonyl (C=O) groups is 1. The van der Waals surface area contributed by atoms with Gasteiger partial charge in [0.25, 0.3) is 0 Å². The summed E-state index contributed by atoms with van der Waals surface area (Å²) in [5.41, 5.74) is 0.734. The van der Waals surface area contributed by atoms with E-state index in [2.05, 4.69) is 0 Å². The summed E-state index contributed by atoms with van der Waals surface area (Å²) < 4.78 is 23.1. The van der Waals surface area contributed by atoms with E-state index in [4.69, 9.17) is 0 Å². The highest BCUT2D eigenvalue weighted by molar-refractivity contribution is 7.90. The van der Waals surface area contributed by atoms with Crippen LogP contribution in [-0.2, 0) is 9.84 Å². The van der Waals surface area contributed by atoms with Crippen LogP contribution >= 0.6 is 0 Å². The second-order valence-electron chi connectivity index (χ2n) is 4.22. The third kappa shape index (κ3) is 2.97. The maximum atomic E-state index is 11.5. The number of hydrogen-bond donors (Lipinski definition) is 1. The van der Waals surface area contributed by atoms with E-state index in [1.807, 2.05) is 0 Å². The van der Waals surface area contributed by atoms with Crippen LogP contribution in [0.2, 0.25) is 0 Å². The average molecular weight is 291 g/mol. The Morgan fingerprint density at radius 3 is 2.15 bits per heavy atom. The SMILES string of the molecule is CS(=O)(=O)c1cccc(N(C(=O)O)c2ccccc2)c1. The molecule has 0 spiro atoms. The lowest BCUT2D eigenvalue weighted by Crippen LogP contribution is -2.23. The predicted octanol–water partition coefficient (Wildman–Crippen LogP) is 2.91. The second kappa shape index (κ2) is 5.34. The second-order valence-corrected chi connectivity index (χ2v) is 6.24. The number of amides is 1. The molecule has 104 valence electrons. The Hall–Kier alpha value is -2.34. The maximum Gasteiger partial charge on any atom is 0.416 e. The first-order valence-corrected chi connectivity index (χ1v) is 7.67. The van der Waals surface area contributed by atoms with E-state index in [1.165, 1.54) is 18.2 Å². The maximum absolute atomic E-state index is 11.5. The zero-order valence-corrected chi connectivity index (χ0v) is 11.5. The molecule has 5 nitrogen and oxygen atoms in total. The number of carboxylic acid groups (broad SMARTS) is 1. The van der Waals surface area contributed by atoms with Crippen molar-refractivity contribution in [2.24, 2.45) is 0 Å². The molecule has 0 bridgehead atoms. The molecule has 0 heterocycles. The Bertz CT molecular complexity index is 726. The van der Waals surface area contributed by atoms with Crippen LogP contribution in [0.4, 0.5) is 16.2 Å². The molecule has 1 N–H and O–H groups in total. The molecular formula is C14H13NO4S. The Labute approximate surface area is 117 Å². The average Bonchev–Trinajstić information content (AvgIpc) is 2.39. The van der Waals surface area contributed by atoms with Crippen molar-refractivity contribution in [2.75, 3.05) is 11.2 Å². The van der Waals surface area contributed by atoms with Gasteiger partial charge in [-0.25, -0.2) is 18.1 Å². The van der Waals surface area contributed by atoms with Crippen molar-refractivity contribution in [1.82, 2.24) is 0 Å². The molecule has 0 saturated heterocycles. The highest BCUT2D eigenvalue weighted by Crippen LogP contribution is 2.27. The number of nitrogens with zero attached hydrogens (tertiary/aromatic N) is 1. The van der Waals surface area contributed by atoms with Gasteiger partial charge in [-0.2, -0.15) is 0 Å². The summed E-state index contributed by atoms with van der Waals surface area (Å²) in [7, 11) is -3.39. The van der Waals surface area contributed by atoms with Crippen LogP contribution in [0.5, 0.6) is 0 Å². The van der Waals surface area contributed by atoms with Gasteiger partial charge in [-0.3, -0.25) is 0 Å². The van der Waals surface area contributed by atoms with Crippen LogP contribution in [0, 0.1) is 0 Å². The fraction of sp³-hybridized carbons (Fsp3) is 0.0714. The summed E-state index contributed by atoms with van der Waals surface area (Å²) in [6.45, 7) is 0. The van der Waals surface area contributed by atoms with Crippen molar-refractivity contribution < 1.29 is 18.3 Å². The number of anilines is 2. The molecule has 0 aliphatic carbocycles. The van der Waals surface area contributed by atoms with Crippen molar-refractivity contribution >= 4 is 27.3 Å². The van der Waals surface area contributed by atoms with Gasteiger partial charge in [-0.1, -0.05) is 24.3 Å². The molecule has 0 unspecified atom stereocenters. The fourth-order valence-electron chi connectivity index (χ4n) is 1.80. The Balaban J connectivity index is 2.54. The van der Waals surface area contributed by atoms with Gasteiger partial charge in [0, 0.05) is 6.26 Å². The summed E-state index contributed by atoms with van der Waals surface area (Å²) in [5, 5.41) is 9.35. The van der Waals surface area contributed by atoms with Gasteiger partial charge in [-0.05, 0) is 30.3 Å². The molecule has 6 heteroatoms. The fourth-order valence-corrected chi connectivity index (χ4v) is 2.46. The van der Waals surface area contributed by atoms with Gasteiger partial charge in [0.1, 0.15) is 0 Å². The summed E-state index contributed by atoms with van der Waals surface area (Å²) in [5.74, 6) is 0. The molecule has 0 aromatic heterocycles. The summed E-state index contributed by atoms with van der Waals surface area (Å²) in [4.78, 5) is 12.6. The summed E-state index contributed by atoms with van der Waals surface area (Å²) in [6, 6.07) is 14.3. The van der Waals surface area contributed by atoms with E-state index in [9.17, 15) is 18.3 Å². The van der Waals surface area contributed by atoms with Gasteiger partial charge in [-0.15, -0.1) is 0 Å². The van der Waals surface area contributed by atoms with Crippen molar-refractivity contribution in [1.29, 1.82) is 0 Å². The predicted molar refractivity (Wildman–Crippen MR) is 76.2 cm³/mol. The van der Waals surface area contributed by atoms with Crippen LogP contribution in [0.25, 0.3) is 0 Å². The van der Waals surface area contributed by atoms with E-state index in [-0.39, 0.29) is 10.6 Å². The molecule has 0 aliphatic rings. The number of benzene rings is 2. The van der Waals surface area contributed by atoms with Crippen LogP contribution in [0.15, 0.2) is 59.5 Å². The molecule has 0 atom stereocenters. The van der Waals surface area contributed by atoms with E-state index in [0.717, 1.165) is 11.2 Å². The highest BCUT2D eigenvalue weighted by atomic mass is 32.2. The Morgan fingerprint density at radius 1 is 1.00 bits per heavy atom. The molecular weight excluding hydrogens is 278 g/mol. The molecule has 0 fully saturated rings. The van der Waals surface area contributed by atoms with Crippen LogP contribution in [0.1, 0.15) is 0 Å². The molecule has 20 heavy (non-hydrogen) atoms. The Morgan fingerprint density at radius 2 is 1.60 bits per heavy atom. The van der Waals surface area contributed by atoms with E-state index in [0.29, 0.717) is 5.69 Å². The normalized spacial score (nSPS) is 11.1. The van der Waals surface area contributed by atoms with Crippen molar-refractivity contribution in [3.63, 3.8) is 0 Å². The Kier molecular flexibility index (Phi) is 3.76. The minimum absolute atomic E-state index is 0.0807. The smallest absolute Gasteiger partial charge is 0.416 e. The number of para-hydroxylation sites is 1. The minimum Gasteiger partial charge on any atom is -0.464 e. The molecule has 2 rings (SSSR count). The monoisotopic (exact) mass is 291 g/mol. The standard InChI is InChI=1S/C14H13NO4S/c1-20(18,19)13-9-5-8-12(10-13)15(14(16)17)11-6-3-2-4-7-11/h2-10H,1H3,(H,16,17). The van der Waals surface area contributed by atoms with Gasteiger partial charge in [0.05, 0.1) is 16.3 Å². The van der Waals surface area contributed by atoms with Gasteiger partial charge in [0.15, 0.2) is 9.84 Å². The van der Waals surface area contributed by atoms with Gasteiger partial charge in [0.2, 0.25) is 0 Å². The third-order valence-corrected chi connectivity index (χ3v) is 3.82. The zero-order valence-electron chi connectivity index (χ0n) is 10.7. The molecule has 1 amide bonds. The molecule has 0 saturated carbocycles. The molecule has 2 aromatic carbocycles. The van der Waals surface area contributed by atoms with Crippen LogP contribution in [0.3, 0.4) is 0 Å². The van der Waals surface area contributed by atoms with Crippen molar-refractivity contribution in [2.45, 2.75) is 4.90 Å². The molecule has 2 aromatic rings. The minimum atomic E-state index is -3.39. The van der Waals surface area contributed by atoms with Crippen LogP contribution < -0.4 is 4.90 Å². The first kappa shape index (κ1) is 14.1. The van der Waals surface area contributed by atoms with E-state index in [1.54, 1.807) is 36.4 Å². The molecule has 0 radical (unpaired) electrons. The van der Waals surface area contributed by atoms with E-state index < -0.39 is 15.9 Å². The lowest BCUT2D eigenvalue weighted by atomic mass is 10.2. The first-order chi connectivity index (χ1) is 9.39. The van der Waals surface area contributed by atoms with Gasteiger partial charge >= 0.3 is 6.09 Å². The van der Waals surface area contributed by atoms with Crippen molar-refractivity contribution in [3.05, 3.63) is 54.6 Å². The first-order valence-electron chi connectivity index (χ1n) is 5.78. The highest BCUT2D eigenvalue weighted by Gasteiger charge is 2.18. The summed E-state index contributed by atoms with van der Waals surface area (Å²) >= 11 is 0. The van der Waals surface area contributed by atoms with Gasteiger partial charge < -0.3 is 5.11 Å². The van der Waals surface area contributed by atoms with Crippen molar-refractivity contribution in [3.8, 4) is 0 Å². The molecule has 0 aliphatic heterocycles. The lowest BCUT2D eigenvalue weighted by molar-refractivity contribution is 0.205. The van der Waals surface area contributed by atoms with Crippen LogP contribution in [-0.4, -0.2) is 25.9 Å². The third-order valence-electron chi connectivity index (χ3n) is 2.71. The number of hydrogen-bond acceptors (Lipinski definition) is 3. The lowest BCUT2D eigenvalue weighted by Gasteiger charge is -2.19. The van der Waals surface area contributed by atoms with E-state index >= 15 is 0 Å².